The number of carbonyl (C=O) groups is 3. The van der Waals surface area contributed by atoms with Crippen molar-refractivity contribution in [2.24, 2.45) is 5.92 Å². The smallest absolute Gasteiger partial charge is 0.238 e. The Labute approximate surface area is 228 Å². The van der Waals surface area contributed by atoms with Crippen molar-refractivity contribution in [2.45, 2.75) is 17.5 Å². The second-order valence-corrected chi connectivity index (χ2v) is 11.2. The van der Waals surface area contributed by atoms with E-state index in [0.29, 0.717) is 21.2 Å². The highest BCUT2D eigenvalue weighted by atomic mass is 35.5. The van der Waals surface area contributed by atoms with Gasteiger partial charge in [0, 0.05) is 22.0 Å². The summed E-state index contributed by atoms with van der Waals surface area (Å²) in [6.07, 6.45) is 3.90. The van der Waals surface area contributed by atoms with Crippen molar-refractivity contribution in [1.82, 2.24) is 0 Å². The Morgan fingerprint density at radius 3 is 2.50 bits per heavy atom. The molecule has 1 aromatic heterocycles. The molecule has 4 heterocycles. The number of nitrogens with one attached hydrogen (secondary N) is 1. The summed E-state index contributed by atoms with van der Waals surface area (Å²) in [4.78, 5) is 45.7. The molecule has 1 N–H and O–H groups in total. The summed E-state index contributed by atoms with van der Waals surface area (Å²) in [6.45, 7) is 0. The fourth-order valence-electron chi connectivity index (χ4n) is 6.50. The molecule has 38 heavy (non-hydrogen) atoms. The molecule has 3 aromatic carbocycles. The summed E-state index contributed by atoms with van der Waals surface area (Å²) in [5.41, 5.74) is 2.18. The first-order chi connectivity index (χ1) is 18.5. The number of benzene rings is 3. The van der Waals surface area contributed by atoms with Crippen molar-refractivity contribution in [3.05, 3.63) is 123 Å². The molecule has 1 fully saturated rings. The lowest BCUT2D eigenvalue weighted by molar-refractivity contribution is -0.121. The van der Waals surface area contributed by atoms with Crippen LogP contribution in [0.3, 0.4) is 0 Å². The van der Waals surface area contributed by atoms with Crippen LogP contribution in [-0.4, -0.2) is 29.6 Å². The van der Waals surface area contributed by atoms with Crippen LogP contribution in [0.5, 0.6) is 0 Å². The van der Waals surface area contributed by atoms with E-state index in [2.05, 4.69) is 5.32 Å². The van der Waals surface area contributed by atoms with Crippen LogP contribution >= 0.6 is 22.9 Å². The van der Waals surface area contributed by atoms with Gasteiger partial charge >= 0.3 is 0 Å². The van der Waals surface area contributed by atoms with Gasteiger partial charge in [-0.1, -0.05) is 78.4 Å². The highest BCUT2D eigenvalue weighted by Gasteiger charge is 2.70. The van der Waals surface area contributed by atoms with Crippen LogP contribution in [-0.2, 0) is 10.2 Å². The number of ketones is 2. The zero-order valence-electron chi connectivity index (χ0n) is 20.0. The molecule has 0 saturated carbocycles. The van der Waals surface area contributed by atoms with Gasteiger partial charge in [0.25, 0.3) is 0 Å². The molecule has 1 saturated heterocycles. The molecule has 0 unspecified atom stereocenters. The van der Waals surface area contributed by atoms with Crippen molar-refractivity contribution >= 4 is 57.9 Å². The molecule has 1 amide bonds. The number of halogens is 1. The van der Waals surface area contributed by atoms with Crippen molar-refractivity contribution in [3.63, 3.8) is 0 Å². The van der Waals surface area contributed by atoms with Crippen molar-refractivity contribution in [2.75, 3.05) is 10.2 Å². The molecule has 0 bridgehead atoms. The van der Waals surface area contributed by atoms with Gasteiger partial charge in [-0.25, -0.2) is 0 Å². The van der Waals surface area contributed by atoms with E-state index in [4.69, 9.17) is 11.6 Å². The first-order valence-electron chi connectivity index (χ1n) is 12.4. The number of thiophene rings is 1. The number of para-hydroxylation sites is 1. The molecule has 7 heteroatoms. The molecular formula is C31H21ClN2O3S. The molecule has 4 atom stereocenters. The van der Waals surface area contributed by atoms with Crippen LogP contribution in [0.2, 0.25) is 5.02 Å². The quantitative estimate of drug-likeness (QED) is 0.313. The second-order valence-electron chi connectivity index (χ2n) is 9.78. The van der Waals surface area contributed by atoms with Gasteiger partial charge in [-0.3, -0.25) is 14.4 Å². The maximum absolute atomic E-state index is 14.6. The molecule has 0 aliphatic carbocycles. The number of fused-ring (bicyclic) bond motifs is 6. The van der Waals surface area contributed by atoms with E-state index < -0.39 is 23.4 Å². The molecule has 4 aromatic rings. The zero-order valence-corrected chi connectivity index (χ0v) is 21.6. The molecule has 7 rings (SSSR count). The monoisotopic (exact) mass is 536 g/mol. The lowest BCUT2D eigenvalue weighted by atomic mass is 9.64. The van der Waals surface area contributed by atoms with Crippen molar-refractivity contribution < 1.29 is 14.4 Å². The summed E-state index contributed by atoms with van der Waals surface area (Å²) >= 11 is 7.67. The minimum absolute atomic E-state index is 0.176. The Morgan fingerprint density at radius 2 is 1.71 bits per heavy atom. The van der Waals surface area contributed by atoms with E-state index in [-0.39, 0.29) is 17.5 Å². The van der Waals surface area contributed by atoms with Crippen LogP contribution < -0.4 is 10.2 Å². The highest BCUT2D eigenvalue weighted by Crippen LogP contribution is 2.58. The van der Waals surface area contributed by atoms with Crippen molar-refractivity contribution in [3.8, 4) is 0 Å². The Morgan fingerprint density at radius 1 is 0.921 bits per heavy atom. The molecule has 1 spiro atoms. The first-order valence-corrected chi connectivity index (χ1v) is 13.6. The second kappa shape index (κ2) is 8.51. The highest BCUT2D eigenvalue weighted by molar-refractivity contribution is 7.12. The first kappa shape index (κ1) is 23.1. The fraction of sp³-hybridized carbons (Fsp3) is 0.129. The van der Waals surface area contributed by atoms with E-state index in [1.807, 2.05) is 71.0 Å². The maximum atomic E-state index is 14.6. The summed E-state index contributed by atoms with van der Waals surface area (Å²) in [5, 5.41) is 5.47. The summed E-state index contributed by atoms with van der Waals surface area (Å²) < 4.78 is 0. The van der Waals surface area contributed by atoms with E-state index in [1.54, 1.807) is 36.4 Å². The van der Waals surface area contributed by atoms with Gasteiger partial charge in [-0.15, -0.1) is 11.3 Å². The topological polar surface area (TPSA) is 66.5 Å². The van der Waals surface area contributed by atoms with Gasteiger partial charge in [0.05, 0.1) is 16.8 Å². The standard InChI is InChI=1S/C31H21ClN2O3S/c32-20-13-14-23-19(17-20)12-15-25-31(21-9-4-5-10-22(21)33-30(31)37)26(28(35)18-7-2-1-3-8-18)27(34(23)25)29(36)24-11-6-16-38-24/h1-17,25-27H,(H,33,37)/t25-,26-,27+,31+/m1/s1. The van der Waals surface area contributed by atoms with Crippen LogP contribution in [0.15, 0.2) is 96.4 Å². The Balaban J connectivity index is 1.55. The third-order valence-corrected chi connectivity index (χ3v) is 9.09. The molecular weight excluding hydrogens is 516 g/mol. The number of Topliss-reactive ketones (excluding diaryl/α,β-unsaturated/α-hetero) is 2. The van der Waals surface area contributed by atoms with E-state index in [9.17, 15) is 14.4 Å². The lowest BCUT2D eigenvalue weighted by Gasteiger charge is -2.37. The molecule has 186 valence electrons. The van der Waals surface area contributed by atoms with E-state index >= 15 is 0 Å². The predicted molar refractivity (Wildman–Crippen MR) is 150 cm³/mol. The maximum Gasteiger partial charge on any atom is 0.238 e. The largest absolute Gasteiger partial charge is 0.352 e. The van der Waals surface area contributed by atoms with Crippen LogP contribution in [0.1, 0.15) is 31.2 Å². The Hall–Kier alpha value is -4.00. The molecule has 5 nitrogen and oxygen atoms in total. The number of amides is 1. The lowest BCUT2D eigenvalue weighted by Crippen LogP contribution is -2.51. The number of rotatable bonds is 4. The Kier molecular flexibility index (Phi) is 5.18. The van der Waals surface area contributed by atoms with E-state index in [0.717, 1.165) is 16.8 Å². The van der Waals surface area contributed by atoms with Crippen molar-refractivity contribution in [1.29, 1.82) is 0 Å². The SMILES string of the molecule is O=C(c1cccs1)[C@@H]1[C@H](C(=O)c2ccccc2)[C@@]2(C(=O)Nc3ccccc32)[C@H]2C=Cc3cc(Cl)ccc3N12. The zero-order chi connectivity index (χ0) is 26.0. The van der Waals surface area contributed by atoms with Crippen LogP contribution in [0.4, 0.5) is 11.4 Å². The van der Waals surface area contributed by atoms with Crippen LogP contribution in [0.25, 0.3) is 6.08 Å². The van der Waals surface area contributed by atoms with Gasteiger partial charge < -0.3 is 10.2 Å². The third kappa shape index (κ3) is 3.08. The van der Waals surface area contributed by atoms with Gasteiger partial charge in [0.2, 0.25) is 5.91 Å². The molecule has 3 aliphatic rings. The predicted octanol–water partition coefficient (Wildman–Crippen LogP) is 6.26. The average Bonchev–Trinajstić information content (AvgIpc) is 3.65. The van der Waals surface area contributed by atoms with Gasteiger partial charge in [-0.05, 0) is 46.8 Å². The Bertz CT molecular complexity index is 1650. The summed E-state index contributed by atoms with van der Waals surface area (Å²) in [6, 6.07) is 24.1. The van der Waals surface area contributed by atoms with Crippen LogP contribution in [0, 0.1) is 5.92 Å². The fourth-order valence-corrected chi connectivity index (χ4v) is 7.37. The number of carbonyl (C=O) groups excluding carboxylic acids is 3. The number of anilines is 2. The normalized spacial score (nSPS) is 24.6. The molecule has 0 radical (unpaired) electrons. The van der Waals surface area contributed by atoms with Gasteiger partial charge in [-0.2, -0.15) is 0 Å². The minimum atomic E-state index is -1.31. The molecule has 3 aliphatic heterocycles. The van der Waals surface area contributed by atoms with Gasteiger partial charge in [0.15, 0.2) is 11.6 Å². The van der Waals surface area contributed by atoms with Gasteiger partial charge in [0.1, 0.15) is 11.5 Å². The third-order valence-electron chi connectivity index (χ3n) is 7.97. The number of hydrogen-bond donors (Lipinski definition) is 1. The number of nitrogens with zero attached hydrogens (tertiary/aromatic N) is 1. The summed E-state index contributed by atoms with van der Waals surface area (Å²) in [7, 11) is 0. The number of hydrogen-bond acceptors (Lipinski definition) is 5. The van der Waals surface area contributed by atoms with E-state index in [1.165, 1.54) is 11.3 Å². The summed E-state index contributed by atoms with van der Waals surface area (Å²) in [5.74, 6) is -1.65. The minimum Gasteiger partial charge on any atom is -0.352 e. The average molecular weight is 537 g/mol.